The number of nitrogens with one attached hydrogen (secondary N) is 1. The Labute approximate surface area is 164 Å². The normalized spacial score (nSPS) is 18.1. The van der Waals surface area contributed by atoms with E-state index in [0.29, 0.717) is 29.8 Å². The maximum absolute atomic E-state index is 12.4. The number of likely N-dealkylation sites (tertiary alicyclic amines) is 1. The molecule has 0 aliphatic carbocycles. The van der Waals surface area contributed by atoms with E-state index in [-0.39, 0.29) is 24.1 Å². The van der Waals surface area contributed by atoms with E-state index in [1.165, 1.54) is 12.1 Å². The number of carbonyl (C=O) groups is 2. The molecule has 2 fully saturated rings. The summed E-state index contributed by atoms with van der Waals surface area (Å²) in [7, 11) is 0. The number of nitrogens with zero attached hydrogens (tertiary/aromatic N) is 3. The van der Waals surface area contributed by atoms with Crippen molar-refractivity contribution in [1.82, 2.24) is 14.7 Å². The van der Waals surface area contributed by atoms with Crippen molar-refractivity contribution >= 4 is 29.1 Å². The first-order valence-electron chi connectivity index (χ1n) is 9.05. The van der Waals surface area contributed by atoms with Gasteiger partial charge < -0.3 is 20.2 Å². The molecule has 7 nitrogen and oxygen atoms in total. The first kappa shape index (κ1) is 19.5. The summed E-state index contributed by atoms with van der Waals surface area (Å²) in [6.45, 7) is 9.88. The lowest BCUT2D eigenvalue weighted by atomic mass is 10.1. The third-order valence-electron chi connectivity index (χ3n) is 5.24. The number of carbonyl (C=O) groups excluding carboxylic acids is 2. The minimum Gasteiger partial charge on any atom is -0.506 e. The minimum absolute atomic E-state index is 0.00118. The summed E-state index contributed by atoms with van der Waals surface area (Å²) in [5.74, 6) is 0.0115. The Bertz CT molecular complexity index is 741. The molecule has 27 heavy (non-hydrogen) atoms. The smallest absolute Gasteiger partial charge is 0.246 e. The second kappa shape index (κ2) is 8.19. The summed E-state index contributed by atoms with van der Waals surface area (Å²) in [5, 5.41) is 13.4. The predicted octanol–water partition coefficient (Wildman–Crippen LogP) is 1.31. The third kappa shape index (κ3) is 4.36. The van der Waals surface area contributed by atoms with Crippen molar-refractivity contribution in [3.05, 3.63) is 35.4 Å². The van der Waals surface area contributed by atoms with Crippen molar-refractivity contribution in [2.24, 2.45) is 0 Å². The topological polar surface area (TPSA) is 76.1 Å². The van der Waals surface area contributed by atoms with Gasteiger partial charge >= 0.3 is 0 Å². The molecule has 1 aromatic rings. The first-order chi connectivity index (χ1) is 12.9. The lowest BCUT2D eigenvalue weighted by Gasteiger charge is -2.47. The number of benzene rings is 1. The van der Waals surface area contributed by atoms with Gasteiger partial charge in [0.1, 0.15) is 5.75 Å². The summed E-state index contributed by atoms with van der Waals surface area (Å²) in [6.07, 6.45) is 1.35. The standard InChI is InChI=1S/C19H25ClN4O3/c1-3-18(26)24-11-14(12-24)22-4-6-23(7-5-22)19(27)10-21-16-8-13(2)15(20)9-17(16)25/h3,8-9,14,21,25H,1,4-7,10-12H2,2H3. The summed E-state index contributed by atoms with van der Waals surface area (Å²) < 4.78 is 0. The number of anilines is 1. The van der Waals surface area contributed by atoms with Gasteiger partial charge in [0.15, 0.2) is 0 Å². The van der Waals surface area contributed by atoms with Crippen molar-refractivity contribution in [2.75, 3.05) is 51.1 Å². The highest BCUT2D eigenvalue weighted by Crippen LogP contribution is 2.29. The van der Waals surface area contributed by atoms with Gasteiger partial charge in [-0.3, -0.25) is 14.5 Å². The number of halogens is 1. The average molecular weight is 393 g/mol. The van der Waals surface area contributed by atoms with Gasteiger partial charge in [0.2, 0.25) is 11.8 Å². The molecule has 2 aliphatic rings. The summed E-state index contributed by atoms with van der Waals surface area (Å²) >= 11 is 5.97. The summed E-state index contributed by atoms with van der Waals surface area (Å²) in [5.41, 5.74) is 1.34. The Morgan fingerprint density at radius 1 is 1.26 bits per heavy atom. The van der Waals surface area contributed by atoms with Crippen molar-refractivity contribution in [3.8, 4) is 5.75 Å². The van der Waals surface area contributed by atoms with E-state index in [1.54, 1.807) is 11.0 Å². The van der Waals surface area contributed by atoms with Gasteiger partial charge in [0.25, 0.3) is 0 Å². The number of aryl methyl sites for hydroxylation is 1. The van der Waals surface area contributed by atoms with Gasteiger partial charge in [-0.25, -0.2) is 0 Å². The molecule has 2 saturated heterocycles. The largest absolute Gasteiger partial charge is 0.506 e. The van der Waals surface area contributed by atoms with E-state index < -0.39 is 0 Å². The van der Waals surface area contributed by atoms with Crippen LogP contribution in [0.25, 0.3) is 0 Å². The number of rotatable bonds is 5. The Morgan fingerprint density at radius 2 is 1.93 bits per heavy atom. The molecule has 146 valence electrons. The van der Waals surface area contributed by atoms with Crippen molar-refractivity contribution in [3.63, 3.8) is 0 Å². The predicted molar refractivity (Wildman–Crippen MR) is 105 cm³/mol. The molecular weight excluding hydrogens is 368 g/mol. The number of hydrogen-bond donors (Lipinski definition) is 2. The van der Waals surface area contributed by atoms with Crippen LogP contribution in [0.3, 0.4) is 0 Å². The van der Waals surface area contributed by atoms with Gasteiger partial charge in [-0.05, 0) is 24.6 Å². The van der Waals surface area contributed by atoms with Gasteiger partial charge in [0.05, 0.1) is 12.2 Å². The molecule has 1 aromatic carbocycles. The molecule has 2 N–H and O–H groups in total. The SMILES string of the molecule is C=CC(=O)N1CC(N2CCN(C(=O)CNc3cc(C)c(Cl)cc3O)CC2)C1. The molecule has 0 aromatic heterocycles. The van der Waals surface area contributed by atoms with Crippen LogP contribution in [-0.4, -0.2) is 83.5 Å². The Kier molecular flexibility index (Phi) is 5.92. The third-order valence-corrected chi connectivity index (χ3v) is 5.65. The number of piperazine rings is 1. The van der Waals surface area contributed by atoms with Gasteiger partial charge in [-0.1, -0.05) is 18.2 Å². The van der Waals surface area contributed by atoms with Crippen LogP contribution in [-0.2, 0) is 9.59 Å². The number of phenols is 1. The van der Waals surface area contributed by atoms with Crippen LogP contribution in [0.15, 0.2) is 24.8 Å². The molecule has 2 heterocycles. The van der Waals surface area contributed by atoms with E-state index in [4.69, 9.17) is 11.6 Å². The summed E-state index contributed by atoms with van der Waals surface area (Å²) in [6, 6.07) is 3.58. The molecule has 2 aliphatic heterocycles. The molecule has 0 unspecified atom stereocenters. The highest BCUT2D eigenvalue weighted by molar-refractivity contribution is 6.31. The quantitative estimate of drug-likeness (QED) is 0.583. The Morgan fingerprint density at radius 3 is 2.56 bits per heavy atom. The fraction of sp³-hybridized carbons (Fsp3) is 0.474. The zero-order valence-corrected chi connectivity index (χ0v) is 16.2. The highest BCUT2D eigenvalue weighted by Gasteiger charge is 2.35. The highest BCUT2D eigenvalue weighted by atomic mass is 35.5. The van der Waals surface area contributed by atoms with Crippen LogP contribution >= 0.6 is 11.6 Å². The molecule has 0 spiro atoms. The first-order valence-corrected chi connectivity index (χ1v) is 9.43. The maximum Gasteiger partial charge on any atom is 0.246 e. The van der Waals surface area contributed by atoms with E-state index in [2.05, 4.69) is 16.8 Å². The zero-order valence-electron chi connectivity index (χ0n) is 15.4. The summed E-state index contributed by atoms with van der Waals surface area (Å²) in [4.78, 5) is 29.9. The molecular formula is C19H25ClN4O3. The van der Waals surface area contributed by atoms with Crippen molar-refractivity contribution < 1.29 is 14.7 Å². The molecule has 0 saturated carbocycles. The van der Waals surface area contributed by atoms with Crippen LogP contribution in [0.5, 0.6) is 5.75 Å². The van der Waals surface area contributed by atoms with Crippen LogP contribution < -0.4 is 5.32 Å². The van der Waals surface area contributed by atoms with Gasteiger partial charge in [-0.15, -0.1) is 0 Å². The Hall–Kier alpha value is -2.25. The maximum atomic E-state index is 12.4. The Balaban J connectivity index is 1.43. The fourth-order valence-corrected chi connectivity index (χ4v) is 3.58. The number of hydrogen-bond acceptors (Lipinski definition) is 5. The number of aromatic hydroxyl groups is 1. The van der Waals surface area contributed by atoms with Crippen LogP contribution in [0.4, 0.5) is 5.69 Å². The molecule has 0 bridgehead atoms. The van der Waals surface area contributed by atoms with E-state index >= 15 is 0 Å². The minimum atomic E-state index is -0.0215. The van der Waals surface area contributed by atoms with E-state index in [9.17, 15) is 14.7 Å². The van der Waals surface area contributed by atoms with Crippen LogP contribution in [0.1, 0.15) is 5.56 Å². The zero-order chi connectivity index (χ0) is 19.6. The van der Waals surface area contributed by atoms with Crippen LogP contribution in [0.2, 0.25) is 5.02 Å². The van der Waals surface area contributed by atoms with Crippen LogP contribution in [0, 0.1) is 6.92 Å². The monoisotopic (exact) mass is 392 g/mol. The second-order valence-corrected chi connectivity index (χ2v) is 7.40. The molecule has 2 amide bonds. The molecule has 8 heteroatoms. The molecule has 3 rings (SSSR count). The average Bonchev–Trinajstić information content (AvgIpc) is 2.62. The van der Waals surface area contributed by atoms with E-state index in [0.717, 1.165) is 31.7 Å². The lowest BCUT2D eigenvalue weighted by Crippen LogP contribution is -2.64. The van der Waals surface area contributed by atoms with Crippen molar-refractivity contribution in [2.45, 2.75) is 13.0 Å². The second-order valence-electron chi connectivity index (χ2n) is 6.99. The number of amides is 2. The van der Waals surface area contributed by atoms with Gasteiger partial charge in [-0.2, -0.15) is 0 Å². The molecule has 0 radical (unpaired) electrons. The van der Waals surface area contributed by atoms with Gasteiger partial charge in [0, 0.05) is 56.4 Å². The van der Waals surface area contributed by atoms with E-state index in [1.807, 2.05) is 11.8 Å². The fourth-order valence-electron chi connectivity index (χ4n) is 3.43. The number of phenolic OH excluding ortho intramolecular Hbond substituents is 1. The lowest BCUT2D eigenvalue weighted by molar-refractivity contribution is -0.135. The molecule has 0 atom stereocenters. The van der Waals surface area contributed by atoms with Crippen molar-refractivity contribution in [1.29, 1.82) is 0 Å².